The van der Waals surface area contributed by atoms with Crippen LogP contribution in [0, 0.1) is 0 Å². The fourth-order valence-electron chi connectivity index (χ4n) is 2.67. The standard InChI is InChI=1S/C19H23N5O3S/c1-23(2)16-11-17(21-12-20-16)24(3)8-9-27-14-6-4-13(5-7-14)10-15-18(25)22-19(26)28-15/h4-7,11-12,15H,8-10H2,1-3H3,(H,22,25,26). The van der Waals surface area contributed by atoms with Crippen LogP contribution >= 0.6 is 11.8 Å². The van der Waals surface area contributed by atoms with Crippen molar-refractivity contribution in [1.82, 2.24) is 15.3 Å². The van der Waals surface area contributed by atoms with Crippen LogP contribution in [-0.4, -0.2) is 60.7 Å². The maximum atomic E-state index is 11.6. The highest BCUT2D eigenvalue weighted by molar-refractivity contribution is 8.15. The molecular formula is C19H23N5O3S. The molecule has 28 heavy (non-hydrogen) atoms. The number of benzene rings is 1. The summed E-state index contributed by atoms with van der Waals surface area (Å²) >= 11 is 1.04. The van der Waals surface area contributed by atoms with Crippen LogP contribution in [0.25, 0.3) is 0 Å². The van der Waals surface area contributed by atoms with Crippen LogP contribution in [0.2, 0.25) is 0 Å². The molecule has 8 nitrogen and oxygen atoms in total. The SMILES string of the molecule is CN(C)c1cc(N(C)CCOc2ccc(CC3SC(=O)NC3=O)cc2)ncn1. The number of hydrogen-bond donors (Lipinski definition) is 1. The highest BCUT2D eigenvalue weighted by Gasteiger charge is 2.31. The van der Waals surface area contributed by atoms with Gasteiger partial charge in [0.2, 0.25) is 5.91 Å². The predicted molar refractivity (Wildman–Crippen MR) is 110 cm³/mol. The smallest absolute Gasteiger partial charge is 0.286 e. The largest absolute Gasteiger partial charge is 0.492 e. The second-order valence-corrected chi connectivity index (χ2v) is 7.81. The van der Waals surface area contributed by atoms with E-state index in [9.17, 15) is 9.59 Å². The summed E-state index contributed by atoms with van der Waals surface area (Å²) in [6.45, 7) is 1.18. The van der Waals surface area contributed by atoms with Gasteiger partial charge < -0.3 is 14.5 Å². The summed E-state index contributed by atoms with van der Waals surface area (Å²) in [7, 11) is 5.84. The zero-order chi connectivity index (χ0) is 20.1. The van der Waals surface area contributed by atoms with Gasteiger partial charge in [-0.05, 0) is 24.1 Å². The first-order valence-corrected chi connectivity index (χ1v) is 9.74. The number of imide groups is 1. The number of ether oxygens (including phenoxy) is 1. The topological polar surface area (TPSA) is 87.7 Å². The number of carbonyl (C=O) groups excluding carboxylic acids is 2. The van der Waals surface area contributed by atoms with Gasteiger partial charge in [-0.1, -0.05) is 23.9 Å². The Morgan fingerprint density at radius 2 is 1.82 bits per heavy atom. The van der Waals surface area contributed by atoms with E-state index in [0.717, 1.165) is 34.7 Å². The average molecular weight is 401 g/mol. The quantitative estimate of drug-likeness (QED) is 0.718. The van der Waals surface area contributed by atoms with Crippen molar-refractivity contribution in [1.29, 1.82) is 0 Å². The fourth-order valence-corrected chi connectivity index (χ4v) is 3.53. The molecule has 0 radical (unpaired) electrons. The van der Waals surface area contributed by atoms with Gasteiger partial charge in [0.1, 0.15) is 30.3 Å². The molecule has 148 valence electrons. The molecule has 1 N–H and O–H groups in total. The van der Waals surface area contributed by atoms with Crippen LogP contribution in [0.4, 0.5) is 16.4 Å². The van der Waals surface area contributed by atoms with Crippen molar-refractivity contribution in [2.24, 2.45) is 0 Å². The lowest BCUT2D eigenvalue weighted by molar-refractivity contribution is -0.118. The van der Waals surface area contributed by atoms with Crippen LogP contribution in [0.15, 0.2) is 36.7 Å². The summed E-state index contributed by atoms with van der Waals surface area (Å²) in [5, 5.41) is 1.67. The number of rotatable bonds is 8. The van der Waals surface area contributed by atoms with Crippen molar-refractivity contribution >= 4 is 34.5 Å². The summed E-state index contributed by atoms with van der Waals surface area (Å²) in [5.41, 5.74) is 0.990. The van der Waals surface area contributed by atoms with E-state index in [0.29, 0.717) is 19.6 Å². The van der Waals surface area contributed by atoms with E-state index in [1.807, 2.05) is 61.3 Å². The van der Waals surface area contributed by atoms with Gasteiger partial charge in [0.15, 0.2) is 0 Å². The minimum Gasteiger partial charge on any atom is -0.492 e. The zero-order valence-corrected chi connectivity index (χ0v) is 16.9. The van der Waals surface area contributed by atoms with E-state index in [2.05, 4.69) is 15.3 Å². The zero-order valence-electron chi connectivity index (χ0n) is 16.1. The van der Waals surface area contributed by atoms with Gasteiger partial charge in [-0.25, -0.2) is 9.97 Å². The molecule has 1 fully saturated rings. The Bertz CT molecular complexity index is 844. The van der Waals surface area contributed by atoms with E-state index in [4.69, 9.17) is 4.74 Å². The van der Waals surface area contributed by atoms with E-state index < -0.39 is 0 Å². The predicted octanol–water partition coefficient (Wildman–Crippen LogP) is 1.95. The third-order valence-electron chi connectivity index (χ3n) is 4.29. The normalized spacial score (nSPS) is 16.0. The Labute approximate surface area is 168 Å². The van der Waals surface area contributed by atoms with Gasteiger partial charge in [-0.2, -0.15) is 0 Å². The van der Waals surface area contributed by atoms with Crippen LogP contribution in [0.1, 0.15) is 5.56 Å². The van der Waals surface area contributed by atoms with Crippen molar-refractivity contribution in [3.8, 4) is 5.75 Å². The molecule has 2 aromatic rings. The fraction of sp³-hybridized carbons (Fsp3) is 0.368. The lowest BCUT2D eigenvalue weighted by Gasteiger charge is -2.20. The Balaban J connectivity index is 1.48. The van der Waals surface area contributed by atoms with Crippen LogP contribution in [-0.2, 0) is 11.2 Å². The average Bonchev–Trinajstić information content (AvgIpc) is 3.00. The Hall–Kier alpha value is -2.81. The van der Waals surface area contributed by atoms with E-state index >= 15 is 0 Å². The first kappa shape index (κ1) is 19.9. The minimum absolute atomic E-state index is 0.222. The number of aromatic nitrogens is 2. The number of likely N-dealkylation sites (N-methyl/N-ethyl adjacent to an activating group) is 1. The molecule has 1 saturated heterocycles. The molecule has 0 spiro atoms. The lowest BCUT2D eigenvalue weighted by atomic mass is 10.1. The summed E-state index contributed by atoms with van der Waals surface area (Å²) < 4.78 is 5.80. The summed E-state index contributed by atoms with van der Waals surface area (Å²) in [6, 6.07) is 9.52. The van der Waals surface area contributed by atoms with Crippen LogP contribution in [0.5, 0.6) is 5.75 Å². The van der Waals surface area contributed by atoms with Gasteiger partial charge in [0, 0.05) is 27.2 Å². The van der Waals surface area contributed by atoms with E-state index in [1.165, 1.54) is 0 Å². The van der Waals surface area contributed by atoms with Crippen molar-refractivity contribution in [2.45, 2.75) is 11.7 Å². The maximum Gasteiger partial charge on any atom is 0.286 e. The summed E-state index contributed by atoms with van der Waals surface area (Å²) in [4.78, 5) is 35.3. The van der Waals surface area contributed by atoms with Crippen molar-refractivity contribution in [3.05, 3.63) is 42.2 Å². The third-order valence-corrected chi connectivity index (χ3v) is 5.28. The first-order valence-electron chi connectivity index (χ1n) is 8.86. The highest BCUT2D eigenvalue weighted by atomic mass is 32.2. The molecule has 3 rings (SSSR count). The van der Waals surface area contributed by atoms with E-state index in [1.54, 1.807) is 6.33 Å². The highest BCUT2D eigenvalue weighted by Crippen LogP contribution is 2.24. The Morgan fingerprint density at radius 1 is 1.11 bits per heavy atom. The monoisotopic (exact) mass is 401 g/mol. The molecule has 1 unspecified atom stereocenters. The molecule has 2 amide bonds. The Morgan fingerprint density at radius 3 is 2.46 bits per heavy atom. The first-order chi connectivity index (χ1) is 13.4. The second-order valence-electron chi connectivity index (χ2n) is 6.63. The molecule has 0 saturated carbocycles. The number of nitrogens with one attached hydrogen (secondary N) is 1. The molecule has 9 heteroatoms. The van der Waals surface area contributed by atoms with Crippen LogP contribution < -0.4 is 19.9 Å². The van der Waals surface area contributed by atoms with Gasteiger partial charge in [-0.15, -0.1) is 0 Å². The number of carbonyl (C=O) groups is 2. The van der Waals surface area contributed by atoms with Crippen molar-refractivity contribution < 1.29 is 14.3 Å². The summed E-state index contributed by atoms with van der Waals surface area (Å²) in [6.07, 6.45) is 2.07. The molecule has 1 aliphatic heterocycles. The molecule has 0 bridgehead atoms. The molecule has 1 atom stereocenters. The molecule has 1 aromatic heterocycles. The molecule has 0 aliphatic carbocycles. The Kier molecular flexibility index (Phi) is 6.35. The lowest BCUT2D eigenvalue weighted by Crippen LogP contribution is -2.25. The van der Waals surface area contributed by atoms with E-state index in [-0.39, 0.29) is 16.4 Å². The summed E-state index contributed by atoms with van der Waals surface area (Å²) in [5.74, 6) is 2.22. The minimum atomic E-state index is -0.354. The van der Waals surface area contributed by atoms with Crippen molar-refractivity contribution in [3.63, 3.8) is 0 Å². The maximum absolute atomic E-state index is 11.6. The molecule has 1 aromatic carbocycles. The number of anilines is 2. The molecule has 1 aliphatic rings. The van der Waals surface area contributed by atoms with Crippen LogP contribution in [0.3, 0.4) is 0 Å². The number of thioether (sulfide) groups is 1. The van der Waals surface area contributed by atoms with Gasteiger partial charge in [0.05, 0.1) is 11.8 Å². The van der Waals surface area contributed by atoms with Gasteiger partial charge >= 0.3 is 0 Å². The number of nitrogens with zero attached hydrogens (tertiary/aromatic N) is 4. The van der Waals surface area contributed by atoms with Gasteiger partial charge in [-0.3, -0.25) is 14.9 Å². The van der Waals surface area contributed by atoms with Gasteiger partial charge in [0.25, 0.3) is 5.24 Å². The molecule has 2 heterocycles. The molecular weight excluding hydrogens is 378 g/mol. The second kappa shape index (κ2) is 8.92. The van der Waals surface area contributed by atoms with Crippen molar-refractivity contribution in [2.75, 3.05) is 44.1 Å². The third kappa shape index (κ3) is 5.13. The number of hydrogen-bond acceptors (Lipinski definition) is 8. The number of amides is 2.